The van der Waals surface area contributed by atoms with Crippen LogP contribution in [0, 0.1) is 0 Å². The number of amides is 4. The molecule has 2 atom stereocenters. The number of hydrogen-bond donors (Lipinski definition) is 4. The molecule has 2 unspecified atom stereocenters. The van der Waals surface area contributed by atoms with Gasteiger partial charge >= 0.3 is 0 Å². The highest BCUT2D eigenvalue weighted by molar-refractivity contribution is 6.02. The first-order valence-electron chi connectivity index (χ1n) is 13.9. The third-order valence-electron chi connectivity index (χ3n) is 6.07. The summed E-state index contributed by atoms with van der Waals surface area (Å²) < 4.78 is 16.5. The highest BCUT2D eigenvalue weighted by Gasteiger charge is 2.35. The summed E-state index contributed by atoms with van der Waals surface area (Å²) in [6.07, 6.45) is 1.91. The standard InChI is InChI=1S/C26H39N5O8.C2H6/c1-27-21(16-38-11-8-29-18-33)17-39-13-12-37-10-7-24(34)30-20-5-6-22-19(14-20)15-31(26(22)36)23(4-3-9-32)25(35)28-2;1-2/h5-6,9,14,18,21,23,27H,3-4,7-8,10-13,15-17H2,1-2H3,(H,28,35)(H,29,33)(H,30,34);1-2H3. The molecule has 1 aromatic carbocycles. The zero-order chi connectivity index (χ0) is 30.5. The van der Waals surface area contributed by atoms with Crippen molar-refractivity contribution in [2.45, 2.75) is 51.7 Å². The number of aldehydes is 1. The molecule has 0 fully saturated rings. The summed E-state index contributed by atoms with van der Waals surface area (Å²) >= 11 is 0. The number of nitrogens with one attached hydrogen (secondary N) is 4. The van der Waals surface area contributed by atoms with Gasteiger partial charge in [0.05, 0.1) is 52.1 Å². The van der Waals surface area contributed by atoms with Gasteiger partial charge in [-0.3, -0.25) is 19.2 Å². The molecule has 230 valence electrons. The van der Waals surface area contributed by atoms with E-state index in [1.165, 1.54) is 11.9 Å². The smallest absolute Gasteiger partial charge is 0.255 e. The van der Waals surface area contributed by atoms with Crippen molar-refractivity contribution in [1.82, 2.24) is 20.9 Å². The fraction of sp³-hybridized carbons (Fsp3) is 0.607. The Hall–Kier alpha value is -3.39. The maximum Gasteiger partial charge on any atom is 0.255 e. The minimum atomic E-state index is -0.742. The first-order valence-corrected chi connectivity index (χ1v) is 13.9. The maximum absolute atomic E-state index is 12.9. The number of benzene rings is 1. The Balaban J connectivity index is 0.00000411. The zero-order valence-electron chi connectivity index (χ0n) is 24.5. The van der Waals surface area contributed by atoms with Crippen molar-refractivity contribution in [1.29, 1.82) is 0 Å². The number of nitrogens with zero attached hydrogens (tertiary/aromatic N) is 1. The minimum Gasteiger partial charge on any atom is -0.379 e. The van der Waals surface area contributed by atoms with Crippen LogP contribution >= 0.6 is 0 Å². The number of likely N-dealkylation sites (N-methyl/N-ethyl adjacent to an activating group) is 2. The van der Waals surface area contributed by atoms with E-state index in [0.29, 0.717) is 62.8 Å². The van der Waals surface area contributed by atoms with Crippen LogP contribution in [0.25, 0.3) is 0 Å². The summed E-state index contributed by atoms with van der Waals surface area (Å²) in [6, 6.07) is 4.27. The van der Waals surface area contributed by atoms with Crippen molar-refractivity contribution in [2.24, 2.45) is 0 Å². The Kier molecular flexibility index (Phi) is 18.6. The van der Waals surface area contributed by atoms with Gasteiger partial charge in [-0.2, -0.15) is 0 Å². The first kappa shape index (κ1) is 35.6. The third kappa shape index (κ3) is 12.8. The predicted octanol–water partition coefficient (Wildman–Crippen LogP) is 0.475. The molecule has 1 aromatic rings. The van der Waals surface area contributed by atoms with Gasteiger partial charge in [0.1, 0.15) is 12.3 Å². The molecule has 41 heavy (non-hydrogen) atoms. The van der Waals surface area contributed by atoms with Crippen molar-refractivity contribution < 1.29 is 38.2 Å². The quantitative estimate of drug-likeness (QED) is 0.120. The second-order valence-corrected chi connectivity index (χ2v) is 8.80. The lowest BCUT2D eigenvalue weighted by molar-refractivity contribution is -0.125. The van der Waals surface area contributed by atoms with Crippen molar-refractivity contribution in [2.75, 3.05) is 65.6 Å². The lowest BCUT2D eigenvalue weighted by Gasteiger charge is -2.25. The third-order valence-corrected chi connectivity index (χ3v) is 6.07. The molecule has 0 saturated heterocycles. The van der Waals surface area contributed by atoms with Crippen LogP contribution in [0.5, 0.6) is 0 Å². The number of hydrogen-bond acceptors (Lipinski definition) is 9. The van der Waals surface area contributed by atoms with Crippen molar-refractivity contribution in [3.8, 4) is 0 Å². The summed E-state index contributed by atoms with van der Waals surface area (Å²) in [4.78, 5) is 60.0. The molecule has 13 heteroatoms. The minimum absolute atomic E-state index is 0.00716. The molecule has 1 aliphatic rings. The average molecular weight is 580 g/mol. The largest absolute Gasteiger partial charge is 0.379 e. The average Bonchev–Trinajstić information content (AvgIpc) is 3.31. The number of ether oxygens (including phenoxy) is 3. The van der Waals surface area contributed by atoms with Gasteiger partial charge in [0.25, 0.3) is 5.91 Å². The molecule has 4 amide bonds. The van der Waals surface area contributed by atoms with Gasteiger partial charge < -0.3 is 45.2 Å². The summed E-state index contributed by atoms with van der Waals surface area (Å²) in [7, 11) is 3.30. The molecule has 2 rings (SSSR count). The maximum atomic E-state index is 12.9. The van der Waals surface area contributed by atoms with Crippen LogP contribution in [-0.2, 0) is 39.9 Å². The number of carbonyl (C=O) groups excluding carboxylic acids is 5. The Morgan fingerprint density at radius 1 is 1.02 bits per heavy atom. The molecule has 0 aliphatic carbocycles. The second-order valence-electron chi connectivity index (χ2n) is 8.80. The van der Waals surface area contributed by atoms with E-state index in [0.717, 1.165) is 6.29 Å². The zero-order valence-corrected chi connectivity index (χ0v) is 24.5. The van der Waals surface area contributed by atoms with E-state index in [1.54, 1.807) is 18.2 Å². The van der Waals surface area contributed by atoms with Gasteiger partial charge in [-0.1, -0.05) is 13.8 Å². The Morgan fingerprint density at radius 3 is 2.39 bits per heavy atom. The molecule has 4 N–H and O–H groups in total. The molecule has 1 aliphatic heterocycles. The fourth-order valence-corrected chi connectivity index (χ4v) is 3.96. The Labute approximate surface area is 242 Å². The van der Waals surface area contributed by atoms with Crippen molar-refractivity contribution >= 4 is 36.1 Å². The molecule has 0 spiro atoms. The van der Waals surface area contributed by atoms with E-state index >= 15 is 0 Å². The molecule has 0 radical (unpaired) electrons. The van der Waals surface area contributed by atoms with Crippen LogP contribution in [0.1, 0.15) is 49.0 Å². The lowest BCUT2D eigenvalue weighted by atomic mass is 10.1. The molecular weight excluding hydrogens is 534 g/mol. The number of rotatable bonds is 21. The van der Waals surface area contributed by atoms with Crippen LogP contribution in [0.15, 0.2) is 18.2 Å². The topological polar surface area (TPSA) is 164 Å². The molecular formula is C28H45N5O8. The van der Waals surface area contributed by atoms with E-state index in [4.69, 9.17) is 14.2 Å². The summed E-state index contributed by atoms with van der Waals surface area (Å²) in [5, 5.41) is 11.0. The molecule has 1 heterocycles. The predicted molar refractivity (Wildman–Crippen MR) is 153 cm³/mol. The van der Waals surface area contributed by atoms with E-state index in [9.17, 15) is 24.0 Å². The highest BCUT2D eigenvalue weighted by Crippen LogP contribution is 2.28. The van der Waals surface area contributed by atoms with Crippen molar-refractivity contribution in [3.05, 3.63) is 29.3 Å². The lowest BCUT2D eigenvalue weighted by Crippen LogP contribution is -2.46. The number of anilines is 1. The first-order chi connectivity index (χ1) is 19.9. The fourth-order valence-electron chi connectivity index (χ4n) is 3.96. The van der Waals surface area contributed by atoms with Gasteiger partial charge in [-0.15, -0.1) is 0 Å². The molecule has 0 aromatic heterocycles. The van der Waals surface area contributed by atoms with E-state index < -0.39 is 6.04 Å². The number of carbonyl (C=O) groups is 5. The van der Waals surface area contributed by atoms with Crippen LogP contribution in [-0.4, -0.2) is 108 Å². The van der Waals surface area contributed by atoms with E-state index in [2.05, 4.69) is 21.3 Å². The van der Waals surface area contributed by atoms with Gasteiger partial charge in [0.15, 0.2) is 0 Å². The van der Waals surface area contributed by atoms with Gasteiger partial charge in [-0.25, -0.2) is 0 Å². The monoisotopic (exact) mass is 579 g/mol. The summed E-state index contributed by atoms with van der Waals surface area (Å²) in [5.74, 6) is -0.839. The van der Waals surface area contributed by atoms with Gasteiger partial charge in [0.2, 0.25) is 18.2 Å². The van der Waals surface area contributed by atoms with Crippen LogP contribution in [0.4, 0.5) is 5.69 Å². The highest BCUT2D eigenvalue weighted by atomic mass is 16.5. The Morgan fingerprint density at radius 2 is 1.73 bits per heavy atom. The van der Waals surface area contributed by atoms with Crippen molar-refractivity contribution in [3.63, 3.8) is 0 Å². The molecule has 0 saturated carbocycles. The molecule has 13 nitrogen and oxygen atoms in total. The van der Waals surface area contributed by atoms with E-state index in [1.807, 2.05) is 20.9 Å². The van der Waals surface area contributed by atoms with Crippen LogP contribution in [0.3, 0.4) is 0 Å². The Bertz CT molecular complexity index is 961. The summed E-state index contributed by atoms with van der Waals surface area (Å²) in [5.41, 5.74) is 1.72. The van der Waals surface area contributed by atoms with Crippen LogP contribution in [0.2, 0.25) is 0 Å². The van der Waals surface area contributed by atoms with Gasteiger partial charge in [-0.05, 0) is 37.2 Å². The second kappa shape index (κ2) is 21.4. The van der Waals surface area contributed by atoms with E-state index in [-0.39, 0.29) is 56.2 Å². The summed E-state index contributed by atoms with van der Waals surface area (Å²) in [6.45, 7) is 6.89. The number of fused-ring (bicyclic) bond motifs is 1. The van der Waals surface area contributed by atoms with Gasteiger partial charge in [0, 0.05) is 37.8 Å². The SMILES string of the molecule is CC.CNC(=O)C(CCC=O)N1Cc2cc(NC(=O)CCOCCOCC(COCCNC=O)NC)ccc2C1=O. The molecule has 0 bridgehead atoms. The van der Waals surface area contributed by atoms with Crippen LogP contribution < -0.4 is 21.3 Å². The normalized spacial score (nSPS) is 13.4.